The quantitative estimate of drug-likeness (QED) is 0.0637. The lowest BCUT2D eigenvalue weighted by Gasteiger charge is -2.34. The molecule has 0 radical (unpaired) electrons. The van der Waals surface area contributed by atoms with Crippen molar-refractivity contribution in [2.24, 2.45) is 35.1 Å². The second-order valence-corrected chi connectivity index (χ2v) is 16.2. The van der Waals surface area contributed by atoms with Gasteiger partial charge in [-0.1, -0.05) is 132 Å². The van der Waals surface area contributed by atoms with Crippen molar-refractivity contribution in [3.63, 3.8) is 0 Å². The van der Waals surface area contributed by atoms with E-state index in [1.54, 1.807) is 14.7 Å². The third-order valence-electron chi connectivity index (χ3n) is 11.4. The van der Waals surface area contributed by atoms with Crippen LogP contribution in [0.1, 0.15) is 158 Å². The molecule has 0 fully saturated rings. The van der Waals surface area contributed by atoms with E-state index in [0.717, 1.165) is 103 Å². The van der Waals surface area contributed by atoms with E-state index >= 15 is 0 Å². The summed E-state index contributed by atoms with van der Waals surface area (Å²) in [5, 5.41) is 3.10. The first-order valence-corrected chi connectivity index (χ1v) is 22.7. The van der Waals surface area contributed by atoms with Crippen molar-refractivity contribution in [1.82, 2.24) is 24.9 Å². The fourth-order valence-electron chi connectivity index (χ4n) is 7.32. The number of carbonyl (C=O) groups excluding carboxylic acids is 5. The molecule has 0 heterocycles. The van der Waals surface area contributed by atoms with Crippen LogP contribution in [0.2, 0.25) is 0 Å². The summed E-state index contributed by atoms with van der Waals surface area (Å²) in [7, 11) is 0. The topological polar surface area (TPSA) is 162 Å². The fourth-order valence-corrected chi connectivity index (χ4v) is 7.32. The maximum atomic E-state index is 14.6. The molecule has 12 heteroatoms. The zero-order valence-electron chi connectivity index (χ0n) is 37.4. The Balaban J connectivity index is 6.78. The third-order valence-corrected chi connectivity index (χ3v) is 11.4. The minimum Gasteiger partial charge on any atom is -0.368 e. The van der Waals surface area contributed by atoms with Gasteiger partial charge >= 0.3 is 0 Å². The van der Waals surface area contributed by atoms with Crippen LogP contribution >= 0.6 is 0 Å². The number of rotatable bonds is 36. The molecule has 4 unspecified atom stereocenters. The standard InChI is InChI=1S/C44H87N7O5/c1-9-17-21-36(13-5)28-48(32-40(46)52)42(54)34-50(30-38(15-7)23-19-11-3)44(56)35-51(31-39(16-8)24-20-12-4)43(55)33-49(41(53)27-47-26-25-45)29-37(14-6)22-18-10-2/h36-39,47H,9-35,45H2,1-8H3,(H2,46,52). The van der Waals surface area contributed by atoms with Crippen LogP contribution in [0.5, 0.6) is 0 Å². The van der Waals surface area contributed by atoms with Gasteiger partial charge in [0.05, 0.1) is 32.7 Å². The highest BCUT2D eigenvalue weighted by molar-refractivity contribution is 5.91. The van der Waals surface area contributed by atoms with Crippen molar-refractivity contribution in [2.45, 2.75) is 158 Å². The zero-order chi connectivity index (χ0) is 42.3. The molecule has 0 aromatic rings. The van der Waals surface area contributed by atoms with E-state index in [2.05, 4.69) is 60.7 Å². The molecule has 12 nitrogen and oxygen atoms in total. The van der Waals surface area contributed by atoms with E-state index in [9.17, 15) is 24.0 Å². The van der Waals surface area contributed by atoms with Crippen molar-refractivity contribution in [3.8, 4) is 0 Å². The lowest BCUT2D eigenvalue weighted by atomic mass is 9.97. The Morgan fingerprint density at radius 1 is 0.464 bits per heavy atom. The summed E-state index contributed by atoms with van der Waals surface area (Å²) in [6.07, 6.45) is 15.5. The van der Waals surface area contributed by atoms with Gasteiger partial charge in [-0.3, -0.25) is 24.0 Å². The maximum Gasteiger partial charge on any atom is 0.242 e. The number of nitrogens with one attached hydrogen (secondary N) is 1. The van der Waals surface area contributed by atoms with Gasteiger partial charge in [-0.05, 0) is 49.4 Å². The van der Waals surface area contributed by atoms with Crippen LogP contribution in [0, 0.1) is 23.7 Å². The Labute approximate surface area is 343 Å². The lowest BCUT2D eigenvalue weighted by Crippen LogP contribution is -2.53. The highest BCUT2D eigenvalue weighted by Gasteiger charge is 2.30. The average Bonchev–Trinajstić information content (AvgIpc) is 3.18. The molecule has 0 bridgehead atoms. The molecule has 56 heavy (non-hydrogen) atoms. The highest BCUT2D eigenvalue weighted by Crippen LogP contribution is 2.20. The predicted octanol–water partition coefficient (Wildman–Crippen LogP) is 6.20. The molecule has 4 atom stereocenters. The molecule has 5 amide bonds. The van der Waals surface area contributed by atoms with Gasteiger partial charge in [0, 0.05) is 39.3 Å². The van der Waals surface area contributed by atoms with Crippen LogP contribution in [-0.4, -0.2) is 121 Å². The molecule has 0 aliphatic carbocycles. The molecule has 0 spiro atoms. The van der Waals surface area contributed by atoms with E-state index in [1.807, 2.05) is 0 Å². The van der Waals surface area contributed by atoms with Crippen LogP contribution in [0.4, 0.5) is 0 Å². The van der Waals surface area contributed by atoms with Crippen molar-refractivity contribution < 1.29 is 24.0 Å². The number of unbranched alkanes of at least 4 members (excludes halogenated alkanes) is 4. The molecular formula is C44H87N7O5. The van der Waals surface area contributed by atoms with Gasteiger partial charge in [0.25, 0.3) is 0 Å². The van der Waals surface area contributed by atoms with E-state index in [4.69, 9.17) is 11.5 Å². The van der Waals surface area contributed by atoms with E-state index in [1.165, 1.54) is 4.90 Å². The third kappa shape index (κ3) is 23.5. The smallest absolute Gasteiger partial charge is 0.242 e. The first-order chi connectivity index (χ1) is 26.9. The molecular weight excluding hydrogens is 707 g/mol. The van der Waals surface area contributed by atoms with Gasteiger partial charge in [0.15, 0.2) is 0 Å². The normalized spacial score (nSPS) is 13.4. The van der Waals surface area contributed by atoms with Gasteiger partial charge in [-0.25, -0.2) is 0 Å². The van der Waals surface area contributed by atoms with Gasteiger partial charge in [-0.15, -0.1) is 0 Å². The summed E-state index contributed by atoms with van der Waals surface area (Å²) in [6, 6.07) is 0. The summed E-state index contributed by atoms with van der Waals surface area (Å²) in [5.41, 5.74) is 11.3. The fraction of sp³-hybridized carbons (Fsp3) is 0.886. The summed E-state index contributed by atoms with van der Waals surface area (Å²) in [4.78, 5) is 75.4. The molecule has 0 saturated heterocycles. The Hall–Kier alpha value is -2.73. The number of nitrogens with two attached hydrogens (primary N) is 2. The summed E-state index contributed by atoms with van der Waals surface area (Å²) in [5.74, 6) is -0.720. The zero-order valence-corrected chi connectivity index (χ0v) is 37.4. The lowest BCUT2D eigenvalue weighted by molar-refractivity contribution is -0.147. The number of hydrogen-bond donors (Lipinski definition) is 3. The van der Waals surface area contributed by atoms with Gasteiger partial charge in [0.1, 0.15) is 0 Å². The van der Waals surface area contributed by atoms with E-state index in [0.29, 0.717) is 39.3 Å². The minimum atomic E-state index is -0.581. The van der Waals surface area contributed by atoms with E-state index in [-0.39, 0.29) is 80.0 Å². The van der Waals surface area contributed by atoms with Crippen LogP contribution in [0.3, 0.4) is 0 Å². The SMILES string of the molecule is CCCCC(CC)CN(CC(N)=O)C(=O)CN(CC(CC)CCCC)C(=O)CN(CC(CC)CCCC)C(=O)CN(CC(CC)CCCC)C(=O)CNCCN. The van der Waals surface area contributed by atoms with Crippen molar-refractivity contribution >= 4 is 29.5 Å². The molecule has 5 N–H and O–H groups in total. The Morgan fingerprint density at radius 2 is 0.750 bits per heavy atom. The Bertz CT molecular complexity index is 1080. The Morgan fingerprint density at radius 3 is 1.00 bits per heavy atom. The second-order valence-electron chi connectivity index (χ2n) is 16.2. The van der Waals surface area contributed by atoms with Crippen molar-refractivity contribution in [2.75, 3.05) is 72.0 Å². The molecule has 0 aromatic carbocycles. The van der Waals surface area contributed by atoms with Crippen LogP contribution in [-0.2, 0) is 24.0 Å². The number of hydrogen-bond acceptors (Lipinski definition) is 7. The van der Waals surface area contributed by atoms with Crippen LogP contribution < -0.4 is 16.8 Å². The van der Waals surface area contributed by atoms with Gasteiger partial charge in [0.2, 0.25) is 29.5 Å². The Kier molecular flexibility index (Phi) is 31.6. The molecule has 0 aliphatic rings. The van der Waals surface area contributed by atoms with Crippen LogP contribution in [0.15, 0.2) is 0 Å². The highest BCUT2D eigenvalue weighted by atomic mass is 16.2. The predicted molar refractivity (Wildman–Crippen MR) is 231 cm³/mol. The molecule has 0 aromatic heterocycles. The molecule has 0 rings (SSSR count). The molecule has 328 valence electrons. The largest absolute Gasteiger partial charge is 0.368 e. The first kappa shape index (κ1) is 53.3. The monoisotopic (exact) mass is 794 g/mol. The van der Waals surface area contributed by atoms with Crippen molar-refractivity contribution in [1.29, 1.82) is 0 Å². The van der Waals surface area contributed by atoms with Gasteiger partial charge in [-0.2, -0.15) is 0 Å². The molecule has 0 saturated carbocycles. The maximum absolute atomic E-state index is 14.6. The summed E-state index contributed by atoms with van der Waals surface area (Å²) < 4.78 is 0. The average molecular weight is 794 g/mol. The summed E-state index contributed by atoms with van der Waals surface area (Å²) >= 11 is 0. The van der Waals surface area contributed by atoms with E-state index < -0.39 is 5.91 Å². The number of carbonyl (C=O) groups is 5. The van der Waals surface area contributed by atoms with Crippen molar-refractivity contribution in [3.05, 3.63) is 0 Å². The second kappa shape index (κ2) is 33.3. The molecule has 0 aliphatic heterocycles. The number of nitrogens with zero attached hydrogens (tertiary/aromatic N) is 4. The number of primary amides is 1. The van der Waals surface area contributed by atoms with Crippen LogP contribution in [0.25, 0.3) is 0 Å². The number of amides is 5. The minimum absolute atomic E-state index is 0.0902. The van der Waals surface area contributed by atoms with Gasteiger partial charge < -0.3 is 36.4 Å². The first-order valence-electron chi connectivity index (χ1n) is 22.7. The summed E-state index contributed by atoms with van der Waals surface area (Å²) in [6.45, 7) is 19.0.